The minimum Gasteiger partial charge on any atom is -0.388 e. The van der Waals surface area contributed by atoms with Crippen LogP contribution in [-0.2, 0) is 4.74 Å². The first kappa shape index (κ1) is 12.1. The van der Waals surface area contributed by atoms with Crippen molar-refractivity contribution in [3.8, 4) is 0 Å². The second-order valence-electron chi connectivity index (χ2n) is 4.49. The average Bonchev–Trinajstić information content (AvgIpc) is 2.86. The first-order valence-corrected chi connectivity index (χ1v) is 5.73. The van der Waals surface area contributed by atoms with Crippen LogP contribution in [-0.4, -0.2) is 48.0 Å². The molecule has 2 aromatic rings. The minimum atomic E-state index is -1.13. The number of rotatable bonds is 1. The maximum atomic E-state index is 11.6. The van der Waals surface area contributed by atoms with Crippen molar-refractivity contribution < 1.29 is 14.9 Å². The van der Waals surface area contributed by atoms with E-state index < -0.39 is 30.1 Å². The van der Waals surface area contributed by atoms with Gasteiger partial charge in [0.2, 0.25) is 5.95 Å². The fourth-order valence-corrected chi connectivity index (χ4v) is 2.19. The highest BCUT2D eigenvalue weighted by atomic mass is 16.6. The van der Waals surface area contributed by atoms with E-state index in [1.165, 1.54) is 10.9 Å². The number of H-pyrrole nitrogens is 1. The van der Waals surface area contributed by atoms with Crippen LogP contribution in [0.4, 0.5) is 5.95 Å². The predicted molar refractivity (Wildman–Crippen MR) is 64.2 cm³/mol. The van der Waals surface area contributed by atoms with Gasteiger partial charge in [0.1, 0.15) is 12.2 Å². The normalized spacial score (nSPS) is 31.1. The van der Waals surface area contributed by atoms with E-state index in [9.17, 15) is 15.0 Å². The van der Waals surface area contributed by atoms with E-state index >= 15 is 0 Å². The zero-order valence-corrected chi connectivity index (χ0v) is 10.0. The van der Waals surface area contributed by atoms with Crippen molar-refractivity contribution in [1.82, 2.24) is 19.5 Å². The Bertz CT molecular complexity index is 680. The Morgan fingerprint density at radius 2 is 2.21 bits per heavy atom. The molecule has 0 amide bonds. The average molecular weight is 267 g/mol. The maximum absolute atomic E-state index is 11.6. The maximum Gasteiger partial charge on any atom is 0.280 e. The second-order valence-corrected chi connectivity index (χ2v) is 4.49. The van der Waals surface area contributed by atoms with Crippen LogP contribution in [0.25, 0.3) is 11.2 Å². The molecule has 0 spiro atoms. The summed E-state index contributed by atoms with van der Waals surface area (Å²) in [6, 6.07) is 0. The van der Waals surface area contributed by atoms with Gasteiger partial charge in [-0.05, 0) is 6.92 Å². The van der Waals surface area contributed by atoms with E-state index in [0.29, 0.717) is 0 Å². The van der Waals surface area contributed by atoms with Crippen molar-refractivity contribution in [2.24, 2.45) is 0 Å². The smallest absolute Gasteiger partial charge is 0.280 e. The fourth-order valence-electron chi connectivity index (χ4n) is 2.19. The summed E-state index contributed by atoms with van der Waals surface area (Å²) < 4.78 is 6.84. The third-order valence-corrected chi connectivity index (χ3v) is 3.20. The van der Waals surface area contributed by atoms with Crippen molar-refractivity contribution >= 4 is 17.1 Å². The van der Waals surface area contributed by atoms with E-state index in [1.807, 2.05) is 0 Å². The highest BCUT2D eigenvalue weighted by molar-refractivity contribution is 5.70. The summed E-state index contributed by atoms with van der Waals surface area (Å²) in [5.41, 5.74) is 5.31. The number of nitrogens with zero attached hydrogens (tertiary/aromatic N) is 3. The molecular formula is C10H13N5O4. The number of nitrogen functional groups attached to an aromatic ring is 1. The lowest BCUT2D eigenvalue weighted by Gasteiger charge is -2.16. The molecule has 0 aromatic carbocycles. The molecule has 1 saturated heterocycles. The molecule has 9 heteroatoms. The largest absolute Gasteiger partial charge is 0.388 e. The number of anilines is 1. The number of imidazole rings is 1. The standard InChI is InChI=1S/C10H13N5O4/c1-3-5(16)6(17)9(19-3)15-2-12-4-7(15)13-10(11)14-8(4)18/h2-3,5-6,9,16-17H,1H3,(H3,11,13,14,18)/t3-,5-,6?,9-/m1/s1. The van der Waals surface area contributed by atoms with Gasteiger partial charge in [0.15, 0.2) is 17.4 Å². The Hall–Kier alpha value is -1.97. The van der Waals surface area contributed by atoms with Crippen LogP contribution >= 0.6 is 0 Å². The van der Waals surface area contributed by atoms with E-state index in [2.05, 4.69) is 15.0 Å². The Morgan fingerprint density at radius 1 is 1.47 bits per heavy atom. The molecule has 3 rings (SSSR count). The number of aliphatic hydroxyl groups is 2. The van der Waals surface area contributed by atoms with Crippen molar-refractivity contribution in [1.29, 1.82) is 0 Å². The highest BCUT2D eigenvalue weighted by Crippen LogP contribution is 2.30. The van der Waals surface area contributed by atoms with Gasteiger partial charge in [0.25, 0.3) is 5.56 Å². The third kappa shape index (κ3) is 1.70. The number of nitrogens with one attached hydrogen (secondary N) is 1. The molecule has 5 N–H and O–H groups in total. The Balaban J connectivity index is 2.14. The van der Waals surface area contributed by atoms with Gasteiger partial charge in [0.05, 0.1) is 12.4 Å². The molecule has 0 radical (unpaired) electrons. The summed E-state index contributed by atoms with van der Waals surface area (Å²) in [6.07, 6.45) is -2.21. The first-order valence-electron chi connectivity index (χ1n) is 5.73. The Kier molecular flexibility index (Phi) is 2.55. The van der Waals surface area contributed by atoms with Crippen LogP contribution < -0.4 is 11.3 Å². The minimum absolute atomic E-state index is 0.0552. The van der Waals surface area contributed by atoms with Gasteiger partial charge in [0, 0.05) is 0 Å². The number of ether oxygens (including phenoxy) is 1. The number of hydrogen-bond acceptors (Lipinski definition) is 7. The van der Waals surface area contributed by atoms with Crippen LogP contribution in [0.3, 0.4) is 0 Å². The molecule has 0 aliphatic carbocycles. The molecule has 9 nitrogen and oxygen atoms in total. The second kappa shape index (κ2) is 4.02. The number of aromatic amines is 1. The SMILES string of the molecule is C[C@H]1O[C@@H](n2cnc3c(=O)[nH]c(N)nc32)C(O)[C@@H]1O. The first-order chi connectivity index (χ1) is 8.99. The van der Waals surface area contributed by atoms with Crippen molar-refractivity contribution in [3.05, 3.63) is 16.7 Å². The molecule has 1 aliphatic heterocycles. The van der Waals surface area contributed by atoms with Crippen molar-refractivity contribution in [2.75, 3.05) is 5.73 Å². The molecule has 19 heavy (non-hydrogen) atoms. The zero-order valence-electron chi connectivity index (χ0n) is 10.0. The predicted octanol–water partition coefficient (Wildman–Crippen LogP) is -1.66. The van der Waals surface area contributed by atoms with E-state index in [-0.39, 0.29) is 17.1 Å². The summed E-state index contributed by atoms with van der Waals surface area (Å²) in [6.45, 7) is 1.64. The lowest BCUT2D eigenvalue weighted by atomic mass is 10.1. The molecule has 1 fully saturated rings. The molecule has 4 atom stereocenters. The van der Waals surface area contributed by atoms with Gasteiger partial charge >= 0.3 is 0 Å². The topological polar surface area (TPSA) is 139 Å². The van der Waals surface area contributed by atoms with Crippen molar-refractivity contribution in [3.63, 3.8) is 0 Å². The zero-order chi connectivity index (χ0) is 13.7. The third-order valence-electron chi connectivity index (χ3n) is 3.20. The number of fused-ring (bicyclic) bond motifs is 1. The summed E-state index contributed by atoms with van der Waals surface area (Å²) in [5, 5.41) is 19.6. The van der Waals surface area contributed by atoms with Crippen LogP contribution in [0.5, 0.6) is 0 Å². The van der Waals surface area contributed by atoms with Gasteiger partial charge in [-0.25, -0.2) is 4.98 Å². The number of aromatic nitrogens is 4. The molecule has 1 aliphatic rings. The molecule has 0 bridgehead atoms. The molecule has 0 saturated carbocycles. The van der Waals surface area contributed by atoms with Crippen LogP contribution in [0.15, 0.2) is 11.1 Å². The number of aliphatic hydroxyl groups excluding tert-OH is 2. The summed E-state index contributed by atoms with van der Waals surface area (Å²) in [7, 11) is 0. The molecule has 3 heterocycles. The lowest BCUT2D eigenvalue weighted by molar-refractivity contribution is -0.0299. The van der Waals surface area contributed by atoms with E-state index in [1.54, 1.807) is 6.92 Å². The van der Waals surface area contributed by atoms with Gasteiger partial charge in [-0.2, -0.15) is 4.98 Å². The van der Waals surface area contributed by atoms with Crippen molar-refractivity contribution in [2.45, 2.75) is 31.5 Å². The van der Waals surface area contributed by atoms with E-state index in [0.717, 1.165) is 0 Å². The quantitative estimate of drug-likeness (QED) is 0.485. The van der Waals surface area contributed by atoms with Crippen LogP contribution in [0.1, 0.15) is 13.2 Å². The fraction of sp³-hybridized carbons (Fsp3) is 0.500. The summed E-state index contributed by atoms with van der Waals surface area (Å²) >= 11 is 0. The monoisotopic (exact) mass is 267 g/mol. The van der Waals surface area contributed by atoms with Gasteiger partial charge < -0.3 is 20.7 Å². The summed E-state index contributed by atoms with van der Waals surface area (Å²) in [4.78, 5) is 21.9. The summed E-state index contributed by atoms with van der Waals surface area (Å²) in [5.74, 6) is -0.0552. The number of nitrogens with two attached hydrogens (primary N) is 1. The lowest BCUT2D eigenvalue weighted by Crippen LogP contribution is -2.30. The molecule has 102 valence electrons. The van der Waals surface area contributed by atoms with Crippen LogP contribution in [0, 0.1) is 0 Å². The van der Waals surface area contributed by atoms with E-state index in [4.69, 9.17) is 10.5 Å². The highest BCUT2D eigenvalue weighted by Gasteiger charge is 2.42. The Morgan fingerprint density at radius 3 is 2.84 bits per heavy atom. The van der Waals surface area contributed by atoms with Gasteiger partial charge in [-0.1, -0.05) is 0 Å². The number of hydrogen-bond donors (Lipinski definition) is 4. The van der Waals surface area contributed by atoms with Gasteiger partial charge in [-0.3, -0.25) is 14.3 Å². The van der Waals surface area contributed by atoms with Gasteiger partial charge in [-0.15, -0.1) is 0 Å². The van der Waals surface area contributed by atoms with Crippen LogP contribution in [0.2, 0.25) is 0 Å². The molecule has 2 aromatic heterocycles. The molecule has 1 unspecified atom stereocenters. The molecular weight excluding hydrogens is 254 g/mol. The Labute approximate surface area is 106 Å².